The summed E-state index contributed by atoms with van der Waals surface area (Å²) in [5.74, 6) is 0. The molecule has 4 bridgehead atoms. The lowest BCUT2D eigenvalue weighted by Gasteiger charge is -1.94. The fourth-order valence-corrected chi connectivity index (χ4v) is 2.62. The van der Waals surface area contributed by atoms with Crippen LogP contribution < -0.4 is 0 Å². The molecule has 0 aliphatic heterocycles. The molecule has 0 spiro atoms. The van der Waals surface area contributed by atoms with Crippen LogP contribution >= 0.6 is 0 Å². The largest absolute Gasteiger partial charge is 0.673 e. The molecule has 2 fully saturated rings. The first-order valence-corrected chi connectivity index (χ1v) is 6.52. The summed E-state index contributed by atoms with van der Waals surface area (Å²) in [5.41, 5.74) is 6.59. The smallest absolute Gasteiger partial charge is 0.418 e. The highest BCUT2D eigenvalue weighted by atomic mass is 19.5. The van der Waals surface area contributed by atoms with Crippen molar-refractivity contribution in [2.45, 2.75) is 38.5 Å². The number of fused-ring (bicyclic) bond motifs is 4. The lowest BCUT2D eigenvalue weighted by molar-refractivity contribution is 0.368. The van der Waals surface area contributed by atoms with Crippen LogP contribution in [0.3, 0.4) is 0 Å². The molecule has 0 aromatic rings. The van der Waals surface area contributed by atoms with Crippen molar-refractivity contribution in [2.24, 2.45) is 0 Å². The van der Waals surface area contributed by atoms with Gasteiger partial charge in [0.1, 0.15) is 0 Å². The minimum Gasteiger partial charge on any atom is -0.418 e. The zero-order chi connectivity index (χ0) is 13.9. The van der Waals surface area contributed by atoms with Crippen molar-refractivity contribution in [1.82, 2.24) is 0 Å². The van der Waals surface area contributed by atoms with Gasteiger partial charge in [-0.05, 0) is 38.5 Å². The van der Waals surface area contributed by atoms with Crippen molar-refractivity contribution in [2.75, 3.05) is 0 Å². The van der Waals surface area contributed by atoms with Gasteiger partial charge in [0.2, 0.25) is 0 Å². The second kappa shape index (κ2) is 5.80. The molecule has 0 saturated heterocycles. The molecule has 0 N–H and O–H groups in total. The second-order valence-corrected chi connectivity index (χ2v) is 5.15. The predicted octanol–water partition coefficient (Wildman–Crippen LogP) is 5.37. The molecular weight excluding hydrogens is 255 g/mol. The molecule has 4 aliphatic rings. The number of allylic oxidation sites excluding steroid dienone is 8. The van der Waals surface area contributed by atoms with Crippen LogP contribution in [-0.2, 0) is 0 Å². The minimum atomic E-state index is -6.00. The Morgan fingerprint density at radius 1 is 0.579 bits per heavy atom. The molecule has 0 amide bonds. The Labute approximate surface area is 110 Å². The fourth-order valence-electron chi connectivity index (χ4n) is 2.62. The summed E-state index contributed by atoms with van der Waals surface area (Å²) in [4.78, 5) is 0. The van der Waals surface area contributed by atoms with Crippen LogP contribution in [0.4, 0.5) is 17.3 Å². The number of hydrogen-bond acceptors (Lipinski definition) is 0. The molecule has 2 saturated carbocycles. The maximum absolute atomic E-state index is 9.75. The van der Waals surface area contributed by atoms with E-state index in [4.69, 9.17) is 0 Å². The first-order chi connectivity index (χ1) is 8.90. The molecule has 0 atom stereocenters. The summed E-state index contributed by atoms with van der Waals surface area (Å²) < 4.78 is 39.0. The van der Waals surface area contributed by atoms with E-state index in [1.165, 1.54) is 38.5 Å². The van der Waals surface area contributed by atoms with Gasteiger partial charge in [-0.2, -0.15) is 0 Å². The molecule has 0 aromatic carbocycles. The Bertz CT molecular complexity index is 386. The predicted molar refractivity (Wildman–Crippen MR) is 70.2 cm³/mol. The molecule has 5 heteroatoms. The lowest BCUT2D eigenvalue weighted by atomic mass is 10.2. The van der Waals surface area contributed by atoms with Crippen LogP contribution in [0.25, 0.3) is 0 Å². The van der Waals surface area contributed by atoms with E-state index >= 15 is 0 Å². The quantitative estimate of drug-likeness (QED) is 0.410. The molecular formula is C14H16BF4-. The Balaban J connectivity index is 0.000000108. The van der Waals surface area contributed by atoms with Gasteiger partial charge < -0.3 is 17.3 Å². The van der Waals surface area contributed by atoms with E-state index < -0.39 is 7.25 Å². The van der Waals surface area contributed by atoms with Gasteiger partial charge in [0.15, 0.2) is 0 Å². The molecule has 0 aromatic heterocycles. The number of rotatable bonds is 0. The monoisotopic (exact) mass is 271 g/mol. The molecule has 4 aliphatic carbocycles. The van der Waals surface area contributed by atoms with Crippen LogP contribution in [0.15, 0.2) is 46.6 Å². The van der Waals surface area contributed by atoms with E-state index in [2.05, 4.69) is 24.3 Å². The van der Waals surface area contributed by atoms with E-state index in [1.54, 1.807) is 22.3 Å². The first-order valence-electron chi connectivity index (χ1n) is 6.52. The van der Waals surface area contributed by atoms with Gasteiger partial charge in [-0.3, -0.25) is 0 Å². The van der Waals surface area contributed by atoms with Gasteiger partial charge in [0.25, 0.3) is 0 Å². The Kier molecular flexibility index (Phi) is 4.33. The highest BCUT2D eigenvalue weighted by Gasteiger charge is 2.20. The van der Waals surface area contributed by atoms with Gasteiger partial charge >= 0.3 is 7.25 Å². The van der Waals surface area contributed by atoms with Crippen LogP contribution in [0, 0.1) is 0 Å². The molecule has 19 heavy (non-hydrogen) atoms. The van der Waals surface area contributed by atoms with Crippen molar-refractivity contribution in [3.8, 4) is 0 Å². The third-order valence-corrected chi connectivity index (χ3v) is 3.55. The summed E-state index contributed by atoms with van der Waals surface area (Å²) in [6.07, 6.45) is 17.1. The molecule has 0 unspecified atom stereocenters. The summed E-state index contributed by atoms with van der Waals surface area (Å²) in [6, 6.07) is 0. The molecule has 0 heterocycles. The fraction of sp³-hybridized carbons (Fsp3) is 0.429. The average Bonchev–Trinajstić information content (AvgIpc) is 3.10. The molecule has 104 valence electrons. The molecule has 4 rings (SSSR count). The van der Waals surface area contributed by atoms with Gasteiger partial charge in [-0.25, -0.2) is 0 Å². The highest BCUT2D eigenvalue weighted by Crippen LogP contribution is 2.34. The molecule has 0 radical (unpaired) electrons. The average molecular weight is 271 g/mol. The zero-order valence-corrected chi connectivity index (χ0v) is 10.6. The van der Waals surface area contributed by atoms with Crippen molar-refractivity contribution < 1.29 is 17.3 Å². The van der Waals surface area contributed by atoms with Crippen molar-refractivity contribution in [3.05, 3.63) is 46.6 Å². The van der Waals surface area contributed by atoms with Crippen LogP contribution in [0.1, 0.15) is 38.5 Å². The summed E-state index contributed by atoms with van der Waals surface area (Å²) >= 11 is 0. The van der Waals surface area contributed by atoms with Crippen LogP contribution in [-0.4, -0.2) is 7.25 Å². The summed E-state index contributed by atoms with van der Waals surface area (Å²) in [7, 11) is -6.00. The first kappa shape index (κ1) is 14.2. The molecule has 0 nitrogen and oxygen atoms in total. The standard InChI is InChI=1S/2C7H8.BF4/c2*1-2-7-4-3-6(1)5-7;2-1(3,4)5/h2*1-2H,3-5H2;/q;;-1. The normalized spacial score (nSPS) is 21.7. The third-order valence-electron chi connectivity index (χ3n) is 3.55. The van der Waals surface area contributed by atoms with Crippen LogP contribution in [0.2, 0.25) is 0 Å². The Morgan fingerprint density at radius 3 is 0.842 bits per heavy atom. The Morgan fingerprint density at radius 2 is 0.789 bits per heavy atom. The van der Waals surface area contributed by atoms with Gasteiger partial charge in [0.05, 0.1) is 0 Å². The van der Waals surface area contributed by atoms with Gasteiger partial charge in [-0.1, -0.05) is 46.6 Å². The maximum atomic E-state index is 9.75. The summed E-state index contributed by atoms with van der Waals surface area (Å²) in [6.45, 7) is 0. The van der Waals surface area contributed by atoms with E-state index in [0.717, 1.165) is 0 Å². The van der Waals surface area contributed by atoms with Gasteiger partial charge in [0, 0.05) is 0 Å². The lowest BCUT2D eigenvalue weighted by Crippen LogP contribution is -2.02. The SMILES string of the molecule is C1=C2CCC(=C1)C2.C1=C2CCC(=C1)C2.F[B-](F)(F)F. The number of halogens is 4. The van der Waals surface area contributed by atoms with E-state index in [-0.39, 0.29) is 0 Å². The van der Waals surface area contributed by atoms with Crippen molar-refractivity contribution >= 4 is 7.25 Å². The van der Waals surface area contributed by atoms with Crippen LogP contribution in [0.5, 0.6) is 0 Å². The zero-order valence-electron chi connectivity index (χ0n) is 10.6. The Hall–Kier alpha value is -1.26. The number of hydrogen-bond donors (Lipinski definition) is 0. The maximum Gasteiger partial charge on any atom is 0.673 e. The highest BCUT2D eigenvalue weighted by molar-refractivity contribution is 6.50. The van der Waals surface area contributed by atoms with Gasteiger partial charge in [-0.15, -0.1) is 0 Å². The third kappa shape index (κ3) is 5.09. The summed E-state index contributed by atoms with van der Waals surface area (Å²) in [5, 5.41) is 0. The van der Waals surface area contributed by atoms with Crippen molar-refractivity contribution in [1.29, 1.82) is 0 Å². The second-order valence-electron chi connectivity index (χ2n) is 5.15. The van der Waals surface area contributed by atoms with E-state index in [1.807, 2.05) is 0 Å². The van der Waals surface area contributed by atoms with E-state index in [0.29, 0.717) is 0 Å². The topological polar surface area (TPSA) is 0 Å². The minimum absolute atomic E-state index is 1.31. The van der Waals surface area contributed by atoms with E-state index in [9.17, 15) is 17.3 Å². The van der Waals surface area contributed by atoms with Crippen molar-refractivity contribution in [3.63, 3.8) is 0 Å².